The topological polar surface area (TPSA) is 64.6 Å². The molecular weight excluding hydrogens is 438 g/mol. The first-order valence-electron chi connectivity index (χ1n) is 12.0. The van der Waals surface area contributed by atoms with Gasteiger partial charge in [0.2, 0.25) is 5.91 Å². The third-order valence-electron chi connectivity index (χ3n) is 7.02. The summed E-state index contributed by atoms with van der Waals surface area (Å²) in [4.78, 5) is 25.3. The van der Waals surface area contributed by atoms with E-state index in [1.165, 1.54) is 0 Å². The van der Waals surface area contributed by atoms with Gasteiger partial charge in [0, 0.05) is 17.2 Å². The Labute approximate surface area is 205 Å². The third-order valence-corrected chi connectivity index (χ3v) is 7.02. The second-order valence-electron chi connectivity index (χ2n) is 9.56. The number of hydrogen-bond donors (Lipinski definition) is 1. The Morgan fingerprint density at radius 3 is 2.54 bits per heavy atom. The van der Waals surface area contributed by atoms with Gasteiger partial charge in [-0.3, -0.25) is 9.59 Å². The quantitative estimate of drug-likeness (QED) is 0.351. The van der Waals surface area contributed by atoms with Crippen molar-refractivity contribution in [1.82, 2.24) is 0 Å². The Balaban J connectivity index is 1.20. The number of benzene rings is 3. The highest BCUT2D eigenvalue weighted by Crippen LogP contribution is 2.52. The average molecular weight is 468 g/mol. The van der Waals surface area contributed by atoms with E-state index >= 15 is 0 Å². The summed E-state index contributed by atoms with van der Waals surface area (Å²) in [7, 11) is 0. The SMILES string of the molecule is C=C1CC2COC(=O)C2(Cc2ccc(NC(=O)Cc3ccccc3OCc3ccccc3)cc2)C1. The zero-order chi connectivity index (χ0) is 24.3. The van der Waals surface area contributed by atoms with Gasteiger partial charge in [-0.05, 0) is 48.6 Å². The number of amides is 1. The highest BCUT2D eigenvalue weighted by molar-refractivity contribution is 5.92. The van der Waals surface area contributed by atoms with E-state index in [-0.39, 0.29) is 24.2 Å². The third kappa shape index (κ3) is 4.99. The molecule has 5 heteroatoms. The van der Waals surface area contributed by atoms with Gasteiger partial charge in [0.15, 0.2) is 0 Å². The van der Waals surface area contributed by atoms with Crippen molar-refractivity contribution in [1.29, 1.82) is 0 Å². The summed E-state index contributed by atoms with van der Waals surface area (Å²) in [5.41, 5.74) is 4.34. The van der Waals surface area contributed by atoms with Crippen LogP contribution in [0.3, 0.4) is 0 Å². The number of allylic oxidation sites excluding steroid dienone is 1. The number of nitrogens with one attached hydrogen (secondary N) is 1. The predicted molar refractivity (Wildman–Crippen MR) is 135 cm³/mol. The summed E-state index contributed by atoms with van der Waals surface area (Å²) < 4.78 is 11.4. The van der Waals surface area contributed by atoms with Crippen molar-refractivity contribution in [2.75, 3.05) is 11.9 Å². The number of ether oxygens (including phenoxy) is 2. The zero-order valence-electron chi connectivity index (χ0n) is 19.7. The van der Waals surface area contributed by atoms with E-state index in [1.54, 1.807) is 0 Å². The Kier molecular flexibility index (Phi) is 6.41. The minimum Gasteiger partial charge on any atom is -0.489 e. The van der Waals surface area contributed by atoms with Crippen LogP contribution in [-0.2, 0) is 33.8 Å². The van der Waals surface area contributed by atoms with Crippen molar-refractivity contribution in [2.24, 2.45) is 11.3 Å². The molecule has 0 bridgehead atoms. The first-order chi connectivity index (χ1) is 17.0. The lowest BCUT2D eigenvalue weighted by Gasteiger charge is -2.24. The molecule has 2 atom stereocenters. The van der Waals surface area contributed by atoms with Crippen molar-refractivity contribution in [3.63, 3.8) is 0 Å². The fraction of sp³-hybridized carbons (Fsp3) is 0.267. The number of para-hydroxylation sites is 1. The minimum absolute atomic E-state index is 0.105. The van der Waals surface area contributed by atoms with Crippen LogP contribution in [0.25, 0.3) is 0 Å². The molecule has 5 rings (SSSR count). The second kappa shape index (κ2) is 9.79. The Morgan fingerprint density at radius 1 is 1.00 bits per heavy atom. The van der Waals surface area contributed by atoms with Gasteiger partial charge >= 0.3 is 5.97 Å². The molecule has 1 saturated heterocycles. The molecule has 1 aliphatic heterocycles. The van der Waals surface area contributed by atoms with E-state index in [4.69, 9.17) is 9.47 Å². The number of cyclic esters (lactones) is 1. The second-order valence-corrected chi connectivity index (χ2v) is 9.56. The molecule has 2 fully saturated rings. The number of rotatable bonds is 8. The van der Waals surface area contributed by atoms with Crippen molar-refractivity contribution >= 4 is 17.6 Å². The summed E-state index contributed by atoms with van der Waals surface area (Å²) in [6.45, 7) is 5.05. The van der Waals surface area contributed by atoms with Gasteiger partial charge in [-0.1, -0.05) is 72.8 Å². The van der Waals surface area contributed by atoms with Gasteiger partial charge in [-0.2, -0.15) is 0 Å². The van der Waals surface area contributed by atoms with Crippen LogP contribution >= 0.6 is 0 Å². The first kappa shape index (κ1) is 22.9. The van der Waals surface area contributed by atoms with E-state index in [0.29, 0.717) is 31.8 Å². The van der Waals surface area contributed by atoms with Crippen molar-refractivity contribution in [3.05, 3.63) is 108 Å². The number of anilines is 1. The normalized spacial score (nSPS) is 20.9. The molecule has 2 unspecified atom stereocenters. The molecule has 0 aromatic heterocycles. The maximum Gasteiger partial charge on any atom is 0.313 e. The number of carbonyl (C=O) groups excluding carboxylic acids is 2. The van der Waals surface area contributed by atoms with Gasteiger partial charge in [0.25, 0.3) is 0 Å². The predicted octanol–water partition coefficient (Wildman–Crippen LogP) is 5.50. The van der Waals surface area contributed by atoms with Crippen molar-refractivity contribution in [3.8, 4) is 5.75 Å². The number of fused-ring (bicyclic) bond motifs is 1. The van der Waals surface area contributed by atoms with E-state index in [0.717, 1.165) is 34.4 Å². The van der Waals surface area contributed by atoms with Crippen LogP contribution in [0.2, 0.25) is 0 Å². The van der Waals surface area contributed by atoms with Gasteiger partial charge in [-0.15, -0.1) is 0 Å². The van der Waals surface area contributed by atoms with Crippen molar-refractivity contribution < 1.29 is 19.1 Å². The lowest BCUT2D eigenvalue weighted by molar-refractivity contribution is -0.146. The molecule has 0 radical (unpaired) electrons. The smallest absolute Gasteiger partial charge is 0.313 e. The molecule has 1 amide bonds. The number of esters is 1. The van der Waals surface area contributed by atoms with Crippen LogP contribution in [0.1, 0.15) is 29.5 Å². The average Bonchev–Trinajstić information content (AvgIpc) is 3.33. The molecule has 1 N–H and O–H groups in total. The monoisotopic (exact) mass is 467 g/mol. The molecular formula is C30H29NO4. The van der Waals surface area contributed by atoms with Crippen LogP contribution < -0.4 is 10.1 Å². The summed E-state index contributed by atoms with van der Waals surface area (Å²) >= 11 is 0. The summed E-state index contributed by atoms with van der Waals surface area (Å²) in [5, 5.41) is 2.97. The van der Waals surface area contributed by atoms with Gasteiger partial charge in [0.05, 0.1) is 18.4 Å². The van der Waals surface area contributed by atoms with Crippen LogP contribution in [0, 0.1) is 11.3 Å². The lowest BCUT2D eigenvalue weighted by Crippen LogP contribution is -2.31. The van der Waals surface area contributed by atoms with Crippen LogP contribution in [0.15, 0.2) is 91.0 Å². The maximum atomic E-state index is 12.8. The van der Waals surface area contributed by atoms with E-state index in [9.17, 15) is 9.59 Å². The Bertz CT molecular complexity index is 1230. The molecule has 178 valence electrons. The highest BCUT2D eigenvalue weighted by atomic mass is 16.5. The van der Waals surface area contributed by atoms with Crippen LogP contribution in [0.4, 0.5) is 5.69 Å². The molecule has 0 spiro atoms. The van der Waals surface area contributed by atoms with E-state index < -0.39 is 5.41 Å². The largest absolute Gasteiger partial charge is 0.489 e. The highest BCUT2D eigenvalue weighted by Gasteiger charge is 2.55. The molecule has 3 aromatic carbocycles. The van der Waals surface area contributed by atoms with Gasteiger partial charge < -0.3 is 14.8 Å². The van der Waals surface area contributed by atoms with E-state index in [1.807, 2.05) is 78.9 Å². The van der Waals surface area contributed by atoms with Gasteiger partial charge in [0.1, 0.15) is 12.4 Å². The molecule has 1 saturated carbocycles. The summed E-state index contributed by atoms with van der Waals surface area (Å²) in [6, 6.07) is 25.3. The maximum absolute atomic E-state index is 12.8. The standard InChI is InChI=1S/C30H29NO4/c1-21-15-25-20-35-29(33)30(25,17-21)18-22-11-13-26(14-12-22)31-28(32)16-24-9-5-6-10-27(24)34-19-23-7-3-2-4-8-23/h2-14,25H,1,15-20H2,(H,31,32). The summed E-state index contributed by atoms with van der Waals surface area (Å²) in [6.07, 6.45) is 2.40. The first-order valence-corrected chi connectivity index (χ1v) is 12.0. The summed E-state index contributed by atoms with van der Waals surface area (Å²) in [5.74, 6) is 0.702. The fourth-order valence-electron chi connectivity index (χ4n) is 5.24. The number of carbonyl (C=O) groups is 2. The molecule has 35 heavy (non-hydrogen) atoms. The van der Waals surface area contributed by atoms with Crippen LogP contribution in [-0.4, -0.2) is 18.5 Å². The molecule has 1 heterocycles. The molecule has 2 aliphatic rings. The van der Waals surface area contributed by atoms with Crippen LogP contribution in [0.5, 0.6) is 5.75 Å². The van der Waals surface area contributed by atoms with Crippen molar-refractivity contribution in [2.45, 2.75) is 32.3 Å². The molecule has 5 nitrogen and oxygen atoms in total. The zero-order valence-corrected chi connectivity index (χ0v) is 19.7. The lowest BCUT2D eigenvalue weighted by atomic mass is 9.75. The molecule has 3 aromatic rings. The number of hydrogen-bond acceptors (Lipinski definition) is 4. The fourth-order valence-corrected chi connectivity index (χ4v) is 5.24. The molecule has 1 aliphatic carbocycles. The minimum atomic E-state index is -0.481. The Morgan fingerprint density at radius 2 is 1.74 bits per heavy atom. The van der Waals surface area contributed by atoms with Gasteiger partial charge in [-0.25, -0.2) is 0 Å². The van der Waals surface area contributed by atoms with E-state index in [2.05, 4.69) is 11.9 Å². The Hall–Kier alpha value is -3.86.